The first-order chi connectivity index (χ1) is 41.6. The Bertz CT molecular complexity index is 3570. The Balaban J connectivity index is 0.000000179. The minimum Gasteiger partial charge on any atom is -0.497 e. The number of aryl methyl sites for hydroxylation is 3. The molecule has 0 atom stereocenters. The Morgan fingerprint density at radius 3 is 1.28 bits per heavy atom. The number of aromatic nitrogens is 6. The third-order valence-corrected chi connectivity index (χ3v) is 17.0. The highest BCUT2D eigenvalue weighted by Gasteiger charge is 2.37. The van der Waals surface area contributed by atoms with E-state index in [9.17, 15) is 37.5 Å². The number of pyridine rings is 4. The summed E-state index contributed by atoms with van der Waals surface area (Å²) in [6.07, 6.45) is 6.02. The highest BCUT2D eigenvalue weighted by molar-refractivity contribution is 5.79. The van der Waals surface area contributed by atoms with E-state index in [4.69, 9.17) is 4.74 Å². The minimum absolute atomic E-state index is 0.00604. The number of rotatable bonds is 11. The van der Waals surface area contributed by atoms with E-state index in [1.807, 2.05) is 101 Å². The van der Waals surface area contributed by atoms with Crippen molar-refractivity contribution in [1.29, 1.82) is 0 Å². The van der Waals surface area contributed by atoms with Crippen molar-refractivity contribution in [3.8, 4) is 5.75 Å². The zero-order valence-corrected chi connectivity index (χ0v) is 53.3. The fourth-order valence-electron chi connectivity index (χ4n) is 11.8. The Morgan fingerprint density at radius 2 is 0.931 bits per heavy atom. The highest BCUT2D eigenvalue weighted by Crippen LogP contribution is 2.34. The first-order valence-corrected chi connectivity index (χ1v) is 30.5. The van der Waals surface area contributed by atoms with Crippen LogP contribution in [0.2, 0.25) is 0 Å². The highest BCUT2D eigenvalue weighted by atomic mass is 19.3. The first-order valence-electron chi connectivity index (χ1n) is 30.5. The maximum absolute atomic E-state index is 13.3. The third kappa shape index (κ3) is 15.1. The van der Waals surface area contributed by atoms with Gasteiger partial charge < -0.3 is 47.8 Å². The predicted molar refractivity (Wildman–Crippen MR) is 336 cm³/mol. The zero-order valence-electron chi connectivity index (χ0n) is 53.3. The van der Waals surface area contributed by atoms with Gasteiger partial charge in [-0.2, -0.15) is 0 Å². The molecule has 3 amide bonds. The van der Waals surface area contributed by atoms with Gasteiger partial charge in [0.05, 0.1) is 26.7 Å². The molecule has 0 unspecified atom stereocenters. The molecule has 0 aliphatic carbocycles. The second-order valence-electron chi connectivity index (χ2n) is 22.7. The lowest BCUT2D eigenvalue weighted by Crippen LogP contribution is -2.49. The van der Waals surface area contributed by atoms with Crippen LogP contribution in [-0.4, -0.2) is 107 Å². The Labute approximate surface area is 510 Å². The van der Waals surface area contributed by atoms with Gasteiger partial charge >= 0.3 is 0 Å². The number of benzene rings is 1. The summed E-state index contributed by atoms with van der Waals surface area (Å²) < 4.78 is 36.8. The van der Waals surface area contributed by atoms with Crippen LogP contribution in [0.15, 0.2) is 93.8 Å². The monoisotopic (exact) mass is 1200 g/mol. The molecule has 11 heterocycles. The molecular formula is C66H88F2N12O7. The van der Waals surface area contributed by atoms with Gasteiger partial charge in [0.15, 0.2) is 0 Å². The number of methoxy groups -OCH3 is 1. The summed E-state index contributed by atoms with van der Waals surface area (Å²) in [7, 11) is 6.97. The van der Waals surface area contributed by atoms with Gasteiger partial charge in [0.1, 0.15) is 23.7 Å². The van der Waals surface area contributed by atoms with Crippen LogP contribution in [0.1, 0.15) is 124 Å². The van der Waals surface area contributed by atoms with Crippen molar-refractivity contribution < 1.29 is 27.9 Å². The van der Waals surface area contributed by atoms with E-state index >= 15 is 0 Å². The number of anilines is 3. The molecule has 0 saturated carbocycles. The van der Waals surface area contributed by atoms with Crippen LogP contribution in [-0.2, 0) is 80.7 Å². The lowest BCUT2D eigenvalue weighted by Gasteiger charge is -2.41. The number of fused-ring (bicyclic) bond motifs is 3. The molecular weight excluding hydrogens is 1110 g/mol. The lowest BCUT2D eigenvalue weighted by atomic mass is 9.95. The topological polar surface area (TPSA) is 185 Å². The quantitative estimate of drug-likeness (QED) is 0.120. The number of ether oxygens (including phenoxy) is 1. The van der Waals surface area contributed by atoms with Crippen LogP contribution in [0.5, 0.6) is 5.75 Å². The van der Waals surface area contributed by atoms with Crippen LogP contribution in [0, 0.1) is 38.5 Å². The minimum atomic E-state index is -2.90. The molecule has 1 aromatic carbocycles. The molecule has 0 radical (unpaired) electrons. The van der Waals surface area contributed by atoms with Crippen molar-refractivity contribution in [2.45, 2.75) is 134 Å². The molecule has 0 spiro atoms. The van der Waals surface area contributed by atoms with Gasteiger partial charge in [0.2, 0.25) is 17.7 Å². The van der Waals surface area contributed by atoms with Crippen LogP contribution >= 0.6 is 0 Å². The summed E-state index contributed by atoms with van der Waals surface area (Å²) in [5.74, 6) is 0.876. The number of alkyl halides is 2. The van der Waals surface area contributed by atoms with E-state index < -0.39 is 5.92 Å². The summed E-state index contributed by atoms with van der Waals surface area (Å²) in [5, 5.41) is 0. The normalized spacial score (nSPS) is 15.6. The maximum atomic E-state index is 13.3. The lowest BCUT2D eigenvalue weighted by molar-refractivity contribution is -0.133. The van der Waals surface area contributed by atoms with Gasteiger partial charge in [-0.1, -0.05) is 47.6 Å². The Morgan fingerprint density at radius 1 is 0.540 bits per heavy atom. The second-order valence-corrected chi connectivity index (χ2v) is 22.7. The average molecular weight is 1200 g/mol. The Hall–Kier alpha value is -8.23. The summed E-state index contributed by atoms with van der Waals surface area (Å²) in [5.41, 5.74) is 10.0. The molecule has 0 bridgehead atoms. The van der Waals surface area contributed by atoms with Gasteiger partial charge in [-0.05, 0) is 84.5 Å². The van der Waals surface area contributed by atoms with Crippen LogP contribution in [0.3, 0.4) is 0 Å². The number of carbonyl (C=O) groups is 3. The molecule has 6 aliphatic heterocycles. The van der Waals surface area contributed by atoms with E-state index in [0.29, 0.717) is 89.3 Å². The zero-order chi connectivity index (χ0) is 63.6. The molecule has 6 aromatic rings. The van der Waals surface area contributed by atoms with Gasteiger partial charge in [-0.15, -0.1) is 0 Å². The molecule has 3 saturated heterocycles. The van der Waals surface area contributed by atoms with E-state index in [1.165, 1.54) is 12.3 Å². The molecule has 6 aliphatic rings. The maximum Gasteiger partial charge on any atom is 0.272 e. The number of halogens is 2. The van der Waals surface area contributed by atoms with Gasteiger partial charge in [0.25, 0.3) is 22.6 Å². The number of carbonyl (C=O) groups excluding carboxylic acids is 3. The van der Waals surface area contributed by atoms with Crippen molar-refractivity contribution in [3.05, 3.63) is 166 Å². The first kappa shape index (κ1) is 66.3. The summed E-state index contributed by atoms with van der Waals surface area (Å²) in [6.45, 7) is 26.8. The third-order valence-electron chi connectivity index (χ3n) is 17.0. The van der Waals surface area contributed by atoms with Crippen molar-refractivity contribution in [2.24, 2.45) is 38.9 Å². The van der Waals surface area contributed by atoms with Crippen LogP contribution in [0.4, 0.5) is 26.1 Å². The summed E-state index contributed by atoms with van der Waals surface area (Å²) in [6, 6.07) is 17.8. The SMILES string of the molecule is CC.CC.CC.COc1cccc(N2CC(CC(=O)N3Cc4c(C)cc(=O)n(C)c4C3)C2)c1.Cc1cc(=O)n(C)c2c1CN(C(=O)CC1CN(c3ccc(C(C)(F)F)cn3)C1)C2.Cc1cc(=O)n(C)c2c1CN(C(=O)CC1CN(c3ccncn3)C1)C2. The van der Waals surface area contributed by atoms with E-state index in [0.717, 1.165) is 101 Å². The molecule has 19 nitrogen and oxygen atoms in total. The number of hydrogen-bond acceptors (Lipinski definition) is 13. The fourth-order valence-corrected chi connectivity index (χ4v) is 11.8. The molecule has 5 aromatic heterocycles. The standard InChI is InChI=1S/C21H24F2N4O2.C21H25N3O3.C18H21N5O2.3C2H6/c1-13-6-19(28)25(3)17-12-27(11-16(13)17)20(29)7-14-9-26(10-14)18-5-4-15(8-24-18)21(2,22)23;1-14-7-20(25)22(2)19-13-24(12-18(14)19)21(26)8-15-10-23(11-15)16-5-4-6-17(9-16)27-3;1-12-5-17(24)21(2)15-10-23(9-14(12)15)18(25)6-13-7-22(8-13)16-3-4-19-11-20-16;3*1-2/h4-6,8,14H,7,9-12H2,1-3H3;4-7,9,15H,8,10-13H2,1-3H3;3-5,11,13H,6-10H2,1-2H3;3*1-2H3. The van der Waals surface area contributed by atoms with Crippen LogP contribution < -0.4 is 36.1 Å². The number of nitrogens with zero attached hydrogens (tertiary/aromatic N) is 12. The van der Waals surface area contributed by atoms with E-state index in [1.54, 1.807) is 83.6 Å². The van der Waals surface area contributed by atoms with Crippen molar-refractivity contribution in [1.82, 2.24) is 43.4 Å². The molecule has 0 N–H and O–H groups in total. The smallest absolute Gasteiger partial charge is 0.272 e. The van der Waals surface area contributed by atoms with Crippen molar-refractivity contribution in [2.75, 3.05) is 61.1 Å². The summed E-state index contributed by atoms with van der Waals surface area (Å²) in [4.78, 5) is 98.3. The molecule has 21 heteroatoms. The summed E-state index contributed by atoms with van der Waals surface area (Å²) >= 11 is 0. The fraction of sp³-hybridized carbons (Fsp3) is 0.500. The van der Waals surface area contributed by atoms with Gasteiger partial charge in [-0.3, -0.25) is 28.8 Å². The van der Waals surface area contributed by atoms with Crippen LogP contribution in [0.25, 0.3) is 0 Å². The average Bonchev–Trinajstić information content (AvgIpc) is 2.24. The Kier molecular flexibility index (Phi) is 22.1. The van der Waals surface area contributed by atoms with Crippen molar-refractivity contribution >= 4 is 35.0 Å². The number of hydrogen-bond donors (Lipinski definition) is 0. The predicted octanol–water partition coefficient (Wildman–Crippen LogP) is 8.57. The number of amides is 3. The molecule has 12 rings (SSSR count). The van der Waals surface area contributed by atoms with E-state index in [2.05, 4.69) is 30.8 Å². The molecule has 87 heavy (non-hydrogen) atoms. The molecule has 3 fully saturated rings. The van der Waals surface area contributed by atoms with E-state index in [-0.39, 0.29) is 45.9 Å². The second kappa shape index (κ2) is 29.0. The van der Waals surface area contributed by atoms with Crippen molar-refractivity contribution in [3.63, 3.8) is 0 Å². The largest absolute Gasteiger partial charge is 0.497 e. The molecule has 468 valence electrons. The van der Waals surface area contributed by atoms with Gasteiger partial charge in [-0.25, -0.2) is 23.7 Å². The van der Waals surface area contributed by atoms with Gasteiger partial charge in [0, 0.05) is 189 Å².